The average Bonchev–Trinajstić information content (AvgIpc) is 2.70. The van der Waals surface area contributed by atoms with Crippen LogP contribution in [0.15, 0.2) is 24.3 Å². The van der Waals surface area contributed by atoms with Gasteiger partial charge in [0.25, 0.3) is 0 Å². The van der Waals surface area contributed by atoms with Crippen LogP contribution in [0.1, 0.15) is 107 Å². The van der Waals surface area contributed by atoms with Crippen LogP contribution < -0.4 is 0 Å². The summed E-state index contributed by atoms with van der Waals surface area (Å²) in [6, 6.07) is 4.96. The molecule has 1 aromatic heterocycles. The number of hydrogen-bond donors (Lipinski definition) is 1. The average molecular weight is 634 g/mol. The fourth-order valence-corrected chi connectivity index (χ4v) is 7.12. The summed E-state index contributed by atoms with van der Waals surface area (Å²) < 4.78 is 48.1. The van der Waals surface area contributed by atoms with Crippen molar-refractivity contribution in [2.75, 3.05) is 0 Å². The number of fused-ring (bicyclic) bond motifs is 1. The maximum absolute atomic E-state index is 13.4. The van der Waals surface area contributed by atoms with Crippen molar-refractivity contribution in [3.63, 3.8) is 0 Å². The number of hydrogen-bond acceptors (Lipinski definition) is 3. The second kappa shape index (κ2) is 9.97. The molecule has 0 saturated heterocycles. The Morgan fingerprint density at radius 2 is 1.78 bits per heavy atom. The normalized spacial score (nSPS) is 19.4. The molecule has 0 amide bonds. The molecule has 0 aliphatic heterocycles. The number of halogens is 4. The van der Waals surface area contributed by atoms with Crippen molar-refractivity contribution in [3.05, 3.63) is 61.5 Å². The van der Waals surface area contributed by atoms with Crippen LogP contribution in [-0.4, -0.2) is 18.4 Å². The Hall–Kier alpha value is -0.973. The third kappa shape index (κ3) is 6.02. The Kier molecular flexibility index (Phi) is 8.19. The lowest BCUT2D eigenvalue weighted by atomic mass is 9.74. The van der Waals surface area contributed by atoms with Gasteiger partial charge in [0.2, 0.25) is 0 Å². The predicted octanol–water partition coefficient (Wildman–Crippen LogP) is 8.95. The molecule has 0 bridgehead atoms. The van der Waals surface area contributed by atoms with Gasteiger partial charge in [0.15, 0.2) is 8.32 Å². The number of alkyl halides is 3. The highest BCUT2D eigenvalue weighted by atomic mass is 127. The van der Waals surface area contributed by atoms with Crippen LogP contribution in [0.3, 0.4) is 0 Å². The van der Waals surface area contributed by atoms with Gasteiger partial charge in [0, 0.05) is 20.4 Å². The molecule has 0 saturated carbocycles. The third-order valence-electron chi connectivity index (χ3n) is 7.61. The molecule has 36 heavy (non-hydrogen) atoms. The molecule has 0 spiro atoms. The molecule has 200 valence electrons. The summed E-state index contributed by atoms with van der Waals surface area (Å²) in [5, 5.41) is 11.5. The largest absolute Gasteiger partial charge is 0.416 e. The van der Waals surface area contributed by atoms with Crippen molar-refractivity contribution >= 4 is 30.9 Å². The van der Waals surface area contributed by atoms with E-state index in [-0.39, 0.29) is 28.0 Å². The number of aromatic nitrogens is 1. The molecule has 2 atom stereocenters. The zero-order valence-corrected chi connectivity index (χ0v) is 25.9. The molecule has 8 heteroatoms. The van der Waals surface area contributed by atoms with E-state index in [9.17, 15) is 18.3 Å². The first-order valence-electron chi connectivity index (χ1n) is 12.5. The van der Waals surface area contributed by atoms with Gasteiger partial charge < -0.3 is 9.53 Å². The van der Waals surface area contributed by atoms with E-state index >= 15 is 0 Å². The summed E-state index contributed by atoms with van der Waals surface area (Å²) in [5.41, 5.74) is 2.72. The molecular weight excluding hydrogens is 594 g/mol. The van der Waals surface area contributed by atoms with Crippen molar-refractivity contribution in [2.45, 2.75) is 104 Å². The van der Waals surface area contributed by atoms with Gasteiger partial charge in [-0.25, -0.2) is 0 Å². The standard InChI is InChI=1S/C28H39F3INO2Si/c1-16(2)24-22(25(34)17-11-10-12-18(13-17)28(29,30)31)23(32)21-19(33-24)14-27(6,7)15-20(21)35-36(8,9)26(3,4)5/h10-13,16,20,25,34H,14-15H2,1-9H3/t20-,25?/m0/s1. The molecule has 1 heterocycles. The minimum atomic E-state index is -4.48. The molecule has 1 unspecified atom stereocenters. The van der Waals surface area contributed by atoms with Crippen LogP contribution in [0.4, 0.5) is 13.2 Å². The first kappa shape index (κ1) is 29.6. The van der Waals surface area contributed by atoms with Gasteiger partial charge in [-0.05, 0) is 82.6 Å². The molecule has 0 fully saturated rings. The van der Waals surface area contributed by atoms with E-state index in [1.54, 1.807) is 6.07 Å². The van der Waals surface area contributed by atoms with Crippen molar-refractivity contribution in [3.8, 4) is 0 Å². The van der Waals surface area contributed by atoms with Gasteiger partial charge in [-0.1, -0.05) is 60.6 Å². The molecule has 1 N–H and O–H groups in total. The Balaban J connectivity index is 2.22. The maximum Gasteiger partial charge on any atom is 0.416 e. The van der Waals surface area contributed by atoms with Crippen LogP contribution in [0.25, 0.3) is 0 Å². The monoisotopic (exact) mass is 633 g/mol. The van der Waals surface area contributed by atoms with E-state index in [0.29, 0.717) is 5.56 Å². The summed E-state index contributed by atoms with van der Waals surface area (Å²) in [4.78, 5) is 5.08. The molecule has 3 nitrogen and oxygen atoms in total. The van der Waals surface area contributed by atoms with Crippen LogP contribution in [0.2, 0.25) is 18.1 Å². The van der Waals surface area contributed by atoms with Crippen LogP contribution >= 0.6 is 22.6 Å². The van der Waals surface area contributed by atoms with Crippen LogP contribution in [0, 0.1) is 8.99 Å². The zero-order valence-electron chi connectivity index (χ0n) is 22.8. The quantitative estimate of drug-likeness (QED) is 0.264. The second-order valence-corrected chi connectivity index (χ2v) is 18.5. The third-order valence-corrected chi connectivity index (χ3v) is 13.3. The zero-order chi connectivity index (χ0) is 27.4. The van der Waals surface area contributed by atoms with Crippen molar-refractivity contribution in [1.82, 2.24) is 4.98 Å². The van der Waals surface area contributed by atoms with Crippen LogP contribution in [0.5, 0.6) is 0 Å². The lowest BCUT2D eigenvalue weighted by molar-refractivity contribution is -0.137. The van der Waals surface area contributed by atoms with Gasteiger partial charge >= 0.3 is 6.18 Å². The first-order chi connectivity index (χ1) is 16.2. The van der Waals surface area contributed by atoms with Crippen LogP contribution in [-0.2, 0) is 17.0 Å². The fraction of sp³-hybridized carbons (Fsp3) is 0.607. The molecule has 1 aromatic carbocycles. The van der Waals surface area contributed by atoms with Crippen molar-refractivity contribution in [1.29, 1.82) is 0 Å². The van der Waals surface area contributed by atoms with E-state index in [4.69, 9.17) is 9.41 Å². The molecule has 3 rings (SSSR count). The Bertz CT molecular complexity index is 1120. The van der Waals surface area contributed by atoms with Gasteiger partial charge in [-0.3, -0.25) is 4.98 Å². The number of pyridine rings is 1. The van der Waals surface area contributed by atoms with Crippen molar-refractivity contribution in [2.24, 2.45) is 5.41 Å². The minimum Gasteiger partial charge on any atom is -0.410 e. The fourth-order valence-electron chi connectivity index (χ4n) is 4.63. The molecule has 1 aliphatic rings. The van der Waals surface area contributed by atoms with E-state index in [1.807, 2.05) is 13.8 Å². The van der Waals surface area contributed by atoms with Gasteiger partial charge in [0.1, 0.15) is 6.10 Å². The minimum absolute atomic E-state index is 0.00840. The second-order valence-electron chi connectivity index (χ2n) is 12.7. The predicted molar refractivity (Wildman–Crippen MR) is 150 cm³/mol. The van der Waals surface area contributed by atoms with Gasteiger partial charge in [-0.15, -0.1) is 0 Å². The molecule has 0 radical (unpaired) electrons. The van der Waals surface area contributed by atoms with Crippen molar-refractivity contribution < 1.29 is 22.7 Å². The topological polar surface area (TPSA) is 42.4 Å². The summed E-state index contributed by atoms with van der Waals surface area (Å²) in [7, 11) is -2.14. The summed E-state index contributed by atoms with van der Waals surface area (Å²) >= 11 is 2.26. The smallest absolute Gasteiger partial charge is 0.410 e. The summed E-state index contributed by atoms with van der Waals surface area (Å²) in [5.74, 6) is -0.0101. The lowest BCUT2D eigenvalue weighted by Gasteiger charge is -2.44. The Morgan fingerprint density at radius 3 is 2.31 bits per heavy atom. The lowest BCUT2D eigenvalue weighted by Crippen LogP contribution is -2.44. The summed E-state index contributed by atoms with van der Waals surface area (Å²) in [6.45, 7) is 19.6. The van der Waals surface area contributed by atoms with E-state index in [0.717, 1.165) is 45.5 Å². The SMILES string of the molecule is CC(C)c1nc2c(c(I)c1C(O)c1cccc(C(F)(F)F)c1)[C@@H](O[Si](C)(C)C(C)(C)C)CC(C)(C)C2. The highest BCUT2D eigenvalue weighted by molar-refractivity contribution is 14.1. The number of aliphatic hydroxyl groups excluding tert-OH is 1. The van der Waals surface area contributed by atoms with Gasteiger partial charge in [-0.2, -0.15) is 13.2 Å². The molecular formula is C28H39F3INO2Si. The van der Waals surface area contributed by atoms with E-state index in [1.165, 1.54) is 6.07 Å². The number of rotatable bonds is 5. The Labute approximate surface area is 228 Å². The maximum atomic E-state index is 13.4. The van der Waals surface area contributed by atoms with Gasteiger partial charge in [0.05, 0.1) is 17.4 Å². The highest BCUT2D eigenvalue weighted by Gasteiger charge is 2.44. The molecule has 2 aromatic rings. The summed E-state index contributed by atoms with van der Waals surface area (Å²) in [6.07, 6.45) is -4.28. The Morgan fingerprint density at radius 1 is 1.17 bits per heavy atom. The molecule has 1 aliphatic carbocycles. The number of benzene rings is 1. The highest BCUT2D eigenvalue weighted by Crippen LogP contribution is 2.50. The first-order valence-corrected chi connectivity index (χ1v) is 16.5. The number of aliphatic hydroxyl groups is 1. The van der Waals surface area contributed by atoms with E-state index < -0.39 is 26.2 Å². The van der Waals surface area contributed by atoms with E-state index in [2.05, 4.69) is 70.3 Å². The number of nitrogens with zero attached hydrogens (tertiary/aromatic N) is 1.